The van der Waals surface area contributed by atoms with Crippen LogP contribution in [0.2, 0.25) is 0 Å². The van der Waals surface area contributed by atoms with E-state index in [9.17, 15) is 4.39 Å². The van der Waals surface area contributed by atoms with Crippen molar-refractivity contribution in [2.45, 2.75) is 10.1 Å². The number of fused-ring (bicyclic) bond motifs is 1. The van der Waals surface area contributed by atoms with Gasteiger partial charge in [0.2, 0.25) is 0 Å². The van der Waals surface area contributed by atoms with Gasteiger partial charge in [0.25, 0.3) is 0 Å². The van der Waals surface area contributed by atoms with Gasteiger partial charge < -0.3 is 0 Å². The third-order valence-corrected chi connectivity index (χ3v) is 4.40. The summed E-state index contributed by atoms with van der Waals surface area (Å²) in [6, 6.07) is 6.75. The molecular weight excluding hydrogens is 269 g/mol. The summed E-state index contributed by atoms with van der Waals surface area (Å²) < 4.78 is 14.5. The van der Waals surface area contributed by atoms with Gasteiger partial charge in [0.05, 0.1) is 5.52 Å². The van der Waals surface area contributed by atoms with Crippen LogP contribution < -0.4 is 0 Å². The maximum atomic E-state index is 13.6. The second-order valence-corrected chi connectivity index (χ2v) is 5.66. The molecule has 0 aliphatic heterocycles. The zero-order valence-corrected chi connectivity index (χ0v) is 10.8. The Labute approximate surface area is 111 Å². The summed E-state index contributed by atoms with van der Waals surface area (Å²) in [6.07, 6.45) is 1.68. The van der Waals surface area contributed by atoms with Crippen LogP contribution in [0.4, 0.5) is 4.39 Å². The Morgan fingerprint density at radius 1 is 1.28 bits per heavy atom. The number of thioether (sulfide) groups is 1. The van der Waals surface area contributed by atoms with Crippen molar-refractivity contribution >= 4 is 34.0 Å². The molecule has 0 aliphatic carbocycles. The molecule has 1 aromatic carbocycles. The number of hydrogen-bond acceptors (Lipinski definition) is 5. The Hall–Kier alpha value is -1.53. The van der Waals surface area contributed by atoms with Crippen molar-refractivity contribution in [1.29, 1.82) is 0 Å². The van der Waals surface area contributed by atoms with Crippen molar-refractivity contribution in [3.8, 4) is 0 Å². The van der Waals surface area contributed by atoms with E-state index in [-0.39, 0.29) is 5.82 Å². The van der Waals surface area contributed by atoms with Crippen molar-refractivity contribution in [2.24, 2.45) is 0 Å². The van der Waals surface area contributed by atoms with Crippen LogP contribution in [0.25, 0.3) is 10.9 Å². The van der Waals surface area contributed by atoms with E-state index < -0.39 is 0 Å². The smallest absolute Gasteiger partial charge is 0.174 e. The molecule has 0 saturated carbocycles. The van der Waals surface area contributed by atoms with E-state index in [1.165, 1.54) is 17.4 Å². The van der Waals surface area contributed by atoms with E-state index in [1.54, 1.807) is 41.7 Å². The Kier molecular flexibility index (Phi) is 3.21. The second-order valence-electron chi connectivity index (χ2n) is 3.60. The zero-order chi connectivity index (χ0) is 12.4. The highest BCUT2D eigenvalue weighted by Crippen LogP contribution is 2.27. The summed E-state index contributed by atoms with van der Waals surface area (Å²) in [6.45, 7) is 0. The van der Waals surface area contributed by atoms with Gasteiger partial charge >= 0.3 is 0 Å². The molecule has 0 atom stereocenters. The van der Waals surface area contributed by atoms with Crippen LogP contribution in [0.1, 0.15) is 5.56 Å². The molecule has 6 heteroatoms. The second kappa shape index (κ2) is 4.99. The number of nitrogens with zero attached hydrogens (tertiary/aromatic N) is 3. The van der Waals surface area contributed by atoms with E-state index in [2.05, 4.69) is 15.2 Å². The van der Waals surface area contributed by atoms with Crippen molar-refractivity contribution in [1.82, 2.24) is 15.2 Å². The van der Waals surface area contributed by atoms with E-state index in [0.717, 1.165) is 15.4 Å². The summed E-state index contributed by atoms with van der Waals surface area (Å²) in [7, 11) is 0. The molecule has 0 N–H and O–H groups in total. The van der Waals surface area contributed by atoms with Gasteiger partial charge in [-0.1, -0.05) is 29.2 Å². The van der Waals surface area contributed by atoms with Crippen molar-refractivity contribution in [3.05, 3.63) is 47.4 Å². The number of aromatic nitrogens is 3. The van der Waals surface area contributed by atoms with Crippen LogP contribution in [0.5, 0.6) is 0 Å². The monoisotopic (exact) mass is 277 g/mol. The van der Waals surface area contributed by atoms with Crippen LogP contribution in [0.3, 0.4) is 0 Å². The highest BCUT2D eigenvalue weighted by molar-refractivity contribution is 8.00. The lowest BCUT2D eigenvalue weighted by molar-refractivity contribution is 0.639. The maximum absolute atomic E-state index is 13.6. The summed E-state index contributed by atoms with van der Waals surface area (Å²) in [5, 5.41) is 8.31. The normalized spacial score (nSPS) is 10.9. The summed E-state index contributed by atoms with van der Waals surface area (Å²) in [5.74, 6) is 0.478. The highest BCUT2D eigenvalue weighted by atomic mass is 32.2. The molecule has 3 nitrogen and oxygen atoms in total. The van der Waals surface area contributed by atoms with Gasteiger partial charge in [0.1, 0.15) is 11.3 Å². The predicted molar refractivity (Wildman–Crippen MR) is 71.2 cm³/mol. The predicted octanol–water partition coefficient (Wildman–Crippen LogP) is 3.52. The number of pyridine rings is 1. The summed E-state index contributed by atoms with van der Waals surface area (Å²) in [5.41, 5.74) is 3.42. The Bertz CT molecular complexity index is 670. The van der Waals surface area contributed by atoms with Crippen molar-refractivity contribution in [3.63, 3.8) is 0 Å². The molecule has 3 aromatic rings. The van der Waals surface area contributed by atoms with Crippen LogP contribution in [-0.4, -0.2) is 15.2 Å². The quantitative estimate of drug-likeness (QED) is 0.687. The third kappa shape index (κ3) is 2.21. The Balaban J connectivity index is 1.94. The van der Waals surface area contributed by atoms with E-state index in [1.807, 2.05) is 0 Å². The van der Waals surface area contributed by atoms with Crippen LogP contribution >= 0.6 is 23.1 Å². The fourth-order valence-corrected chi connectivity index (χ4v) is 3.15. The molecule has 0 fully saturated rings. The lowest BCUT2D eigenvalue weighted by Crippen LogP contribution is -1.90. The molecule has 0 radical (unpaired) electrons. The van der Waals surface area contributed by atoms with E-state index in [0.29, 0.717) is 11.1 Å². The number of benzene rings is 1. The van der Waals surface area contributed by atoms with Crippen LogP contribution in [0.15, 0.2) is 40.3 Å². The Morgan fingerprint density at radius 2 is 2.22 bits per heavy atom. The molecule has 0 bridgehead atoms. The van der Waals surface area contributed by atoms with Crippen molar-refractivity contribution in [2.75, 3.05) is 0 Å². The molecule has 0 spiro atoms. The van der Waals surface area contributed by atoms with Crippen LogP contribution in [0, 0.1) is 5.82 Å². The van der Waals surface area contributed by atoms with Gasteiger partial charge in [-0.05, 0) is 23.8 Å². The standard InChI is InChI=1S/C12H8FN3S2/c13-10-4-3-8(6-17-12-16-15-7-18-12)11-9(10)2-1-5-14-11/h1-5,7H,6H2. The molecule has 0 saturated heterocycles. The van der Waals surface area contributed by atoms with Gasteiger partial charge in [-0.2, -0.15) is 0 Å². The third-order valence-electron chi connectivity index (χ3n) is 2.49. The fourth-order valence-electron chi connectivity index (χ4n) is 1.68. The van der Waals surface area contributed by atoms with E-state index >= 15 is 0 Å². The number of hydrogen-bond donors (Lipinski definition) is 0. The minimum atomic E-state index is -0.234. The molecule has 0 aliphatic rings. The topological polar surface area (TPSA) is 38.7 Å². The molecule has 2 aromatic heterocycles. The number of rotatable bonds is 3. The largest absolute Gasteiger partial charge is 0.256 e. The van der Waals surface area contributed by atoms with Gasteiger partial charge in [0, 0.05) is 17.3 Å². The molecule has 3 rings (SSSR count). The minimum absolute atomic E-state index is 0.234. The molecule has 0 amide bonds. The van der Waals surface area contributed by atoms with Gasteiger partial charge in [-0.25, -0.2) is 4.39 Å². The average Bonchev–Trinajstić information content (AvgIpc) is 2.92. The first-order valence-corrected chi connectivity index (χ1v) is 7.12. The SMILES string of the molecule is Fc1ccc(CSc2nncs2)c2ncccc12. The molecule has 2 heterocycles. The summed E-state index contributed by atoms with van der Waals surface area (Å²) in [4.78, 5) is 4.26. The average molecular weight is 277 g/mol. The highest BCUT2D eigenvalue weighted by Gasteiger charge is 2.08. The molecule has 90 valence electrons. The fraction of sp³-hybridized carbons (Fsp3) is 0.0833. The first kappa shape index (κ1) is 11.6. The number of halogens is 1. The first-order chi connectivity index (χ1) is 8.84. The van der Waals surface area contributed by atoms with Crippen LogP contribution in [-0.2, 0) is 5.75 Å². The van der Waals surface area contributed by atoms with Gasteiger partial charge in [-0.3, -0.25) is 4.98 Å². The minimum Gasteiger partial charge on any atom is -0.256 e. The van der Waals surface area contributed by atoms with Gasteiger partial charge in [0.15, 0.2) is 4.34 Å². The van der Waals surface area contributed by atoms with Gasteiger partial charge in [-0.15, -0.1) is 10.2 Å². The zero-order valence-electron chi connectivity index (χ0n) is 9.21. The van der Waals surface area contributed by atoms with E-state index in [4.69, 9.17) is 0 Å². The molecule has 18 heavy (non-hydrogen) atoms. The maximum Gasteiger partial charge on any atom is 0.174 e. The first-order valence-electron chi connectivity index (χ1n) is 5.25. The molecular formula is C12H8FN3S2. The summed E-state index contributed by atoms with van der Waals surface area (Å²) >= 11 is 3.08. The molecule has 0 unspecified atom stereocenters. The van der Waals surface area contributed by atoms with Crippen molar-refractivity contribution < 1.29 is 4.39 Å². The lowest BCUT2D eigenvalue weighted by Gasteiger charge is -2.04. The lowest BCUT2D eigenvalue weighted by atomic mass is 10.1. The Morgan fingerprint density at radius 3 is 3.06 bits per heavy atom.